The highest BCUT2D eigenvalue weighted by Crippen LogP contribution is 2.21. The predicted octanol–water partition coefficient (Wildman–Crippen LogP) is 8.24. The van der Waals surface area contributed by atoms with Gasteiger partial charge in [-0.1, -0.05) is 64.8 Å². The number of hydrogen-bond acceptors (Lipinski definition) is 4. The molecular formula is C34H57N5O2S. The number of unbranched alkanes of at least 4 members (excludes halogenated alkanes) is 1. The summed E-state index contributed by atoms with van der Waals surface area (Å²) in [6, 6.07) is 6.34. The minimum absolute atomic E-state index is 0.218. The number of nitrogens with one attached hydrogen (secondary N) is 1. The van der Waals surface area contributed by atoms with Crippen molar-refractivity contribution in [3.8, 4) is 0 Å². The van der Waals surface area contributed by atoms with Crippen molar-refractivity contribution in [2.75, 3.05) is 32.4 Å². The summed E-state index contributed by atoms with van der Waals surface area (Å²) < 4.78 is 0. The Hall–Kier alpha value is -2.48. The fraction of sp³-hybridized carbons (Fsp3) is 0.676. The van der Waals surface area contributed by atoms with E-state index < -0.39 is 0 Å². The number of thioether (sulfide) groups is 1. The molecule has 2 rings (SSSR count). The smallest absolute Gasteiger partial charge is 0.341 e. The fourth-order valence-corrected chi connectivity index (χ4v) is 5.41. The van der Waals surface area contributed by atoms with Gasteiger partial charge in [0.2, 0.25) is 5.96 Å². The normalized spacial score (nSPS) is 14.9. The van der Waals surface area contributed by atoms with Gasteiger partial charge in [0, 0.05) is 39.3 Å². The van der Waals surface area contributed by atoms with E-state index in [0.29, 0.717) is 41.5 Å². The lowest BCUT2D eigenvalue weighted by Gasteiger charge is -2.32. The van der Waals surface area contributed by atoms with E-state index in [1.54, 1.807) is 14.0 Å². The van der Waals surface area contributed by atoms with E-state index in [-0.39, 0.29) is 11.8 Å². The minimum Gasteiger partial charge on any atom is -0.341 e. The van der Waals surface area contributed by atoms with Crippen molar-refractivity contribution in [2.45, 2.75) is 106 Å². The number of ketones is 1. The Balaban J connectivity index is 0.000000666. The molecule has 8 heteroatoms. The number of hydrogen-bond donors (Lipinski definition) is 1. The molecule has 1 aliphatic rings. The maximum absolute atomic E-state index is 12.0. The second-order valence-corrected chi connectivity index (χ2v) is 13.2. The summed E-state index contributed by atoms with van der Waals surface area (Å²) in [6.45, 7) is 19.5. The SMILES string of the molecule is CCCCC(=O)CS/C(C)=N\C(=O)NCCC1CCN(C(=NC)/N=C\CC(C)C)CC1.Cc1ccc(C(C)C)c(C)c1. The molecule has 236 valence electrons. The lowest BCUT2D eigenvalue weighted by molar-refractivity contribution is -0.116. The minimum atomic E-state index is -0.316. The van der Waals surface area contributed by atoms with E-state index in [9.17, 15) is 9.59 Å². The van der Waals surface area contributed by atoms with Crippen molar-refractivity contribution in [3.63, 3.8) is 0 Å². The Morgan fingerprint density at radius 2 is 1.83 bits per heavy atom. The largest absolute Gasteiger partial charge is 0.341 e. The van der Waals surface area contributed by atoms with E-state index in [2.05, 4.69) is 91.9 Å². The van der Waals surface area contributed by atoms with Gasteiger partial charge >= 0.3 is 6.03 Å². The maximum atomic E-state index is 12.0. The molecule has 1 aliphatic heterocycles. The molecular weight excluding hydrogens is 542 g/mol. The molecule has 0 spiro atoms. The lowest BCUT2D eigenvalue weighted by atomic mass is 9.94. The van der Waals surface area contributed by atoms with Gasteiger partial charge in [-0.25, -0.2) is 9.79 Å². The first-order chi connectivity index (χ1) is 20.0. The Bertz CT molecular complexity index is 1040. The van der Waals surface area contributed by atoms with Crippen LogP contribution in [-0.4, -0.2) is 66.4 Å². The zero-order valence-electron chi connectivity index (χ0n) is 27.8. The Labute approximate surface area is 260 Å². The molecule has 2 amide bonds. The predicted molar refractivity (Wildman–Crippen MR) is 184 cm³/mol. The van der Waals surface area contributed by atoms with Gasteiger partial charge in [0.1, 0.15) is 5.78 Å². The summed E-state index contributed by atoms with van der Waals surface area (Å²) in [4.78, 5) is 38.9. The number of guanidine groups is 1. The summed E-state index contributed by atoms with van der Waals surface area (Å²) >= 11 is 1.35. The van der Waals surface area contributed by atoms with Crippen molar-refractivity contribution >= 4 is 40.8 Å². The number of benzene rings is 1. The third-order valence-electron chi connectivity index (χ3n) is 7.27. The van der Waals surface area contributed by atoms with E-state index in [1.807, 2.05) is 6.21 Å². The van der Waals surface area contributed by atoms with Gasteiger partial charge in [-0.2, -0.15) is 4.99 Å². The molecule has 0 aromatic heterocycles. The summed E-state index contributed by atoms with van der Waals surface area (Å²) in [5, 5.41) is 3.52. The second kappa shape index (κ2) is 21.2. The van der Waals surface area contributed by atoms with Crippen LogP contribution < -0.4 is 5.32 Å². The number of aryl methyl sites for hydroxylation is 2. The molecule has 0 radical (unpaired) electrons. The van der Waals surface area contributed by atoms with Crippen LogP contribution in [0.25, 0.3) is 0 Å². The first kappa shape index (κ1) is 37.5. The maximum Gasteiger partial charge on any atom is 0.341 e. The summed E-state index contributed by atoms with van der Waals surface area (Å²) in [6.07, 6.45) is 8.58. The standard InChI is InChI=1S/C23H41N5O2S.C11H16/c1-6-7-8-21(29)17-31-19(4)27-23(30)26-14-10-20-11-15-28(16-12-20)22(24-5)25-13-9-18(2)3;1-8(2)11-6-5-9(3)7-10(11)4/h13,18,20H,6-12,14-17H2,1-5H3,(H,26,30);5-8H,1-4H3/b24-22?,25-13-,27-19-;. The highest BCUT2D eigenvalue weighted by Gasteiger charge is 2.21. The van der Waals surface area contributed by atoms with E-state index >= 15 is 0 Å². The molecule has 0 unspecified atom stereocenters. The molecule has 1 fully saturated rings. The van der Waals surface area contributed by atoms with E-state index in [4.69, 9.17) is 0 Å². The Morgan fingerprint density at radius 3 is 2.40 bits per heavy atom. The highest BCUT2D eigenvalue weighted by molar-refractivity contribution is 8.14. The van der Waals surface area contributed by atoms with Gasteiger partial charge in [-0.3, -0.25) is 9.79 Å². The van der Waals surface area contributed by atoms with Crippen LogP contribution in [0, 0.1) is 25.7 Å². The zero-order chi connectivity index (χ0) is 31.5. The average Bonchev–Trinajstić information content (AvgIpc) is 2.93. The zero-order valence-corrected chi connectivity index (χ0v) is 28.6. The van der Waals surface area contributed by atoms with Crippen molar-refractivity contribution in [2.24, 2.45) is 26.8 Å². The highest BCUT2D eigenvalue weighted by atomic mass is 32.2. The molecule has 1 aromatic rings. The van der Waals surface area contributed by atoms with Gasteiger partial charge < -0.3 is 10.2 Å². The number of aliphatic imine (C=N–C) groups is 3. The van der Waals surface area contributed by atoms with Crippen LogP contribution in [-0.2, 0) is 4.79 Å². The summed E-state index contributed by atoms with van der Waals surface area (Å²) in [5.41, 5.74) is 4.24. The van der Waals surface area contributed by atoms with Crippen molar-refractivity contribution in [1.82, 2.24) is 10.2 Å². The number of rotatable bonds is 11. The molecule has 0 bridgehead atoms. The van der Waals surface area contributed by atoms with Crippen LogP contribution in [0.3, 0.4) is 0 Å². The van der Waals surface area contributed by atoms with Gasteiger partial charge in [0.15, 0.2) is 0 Å². The summed E-state index contributed by atoms with van der Waals surface area (Å²) in [7, 11) is 1.80. The van der Waals surface area contributed by atoms with E-state index in [1.165, 1.54) is 28.5 Å². The fourth-order valence-electron chi connectivity index (χ4n) is 4.75. The molecule has 0 aliphatic carbocycles. The first-order valence-electron chi connectivity index (χ1n) is 15.8. The average molecular weight is 600 g/mol. The number of amides is 2. The van der Waals surface area contributed by atoms with Crippen LogP contribution in [0.15, 0.2) is 33.2 Å². The molecule has 42 heavy (non-hydrogen) atoms. The molecule has 7 nitrogen and oxygen atoms in total. The van der Waals surface area contributed by atoms with Crippen LogP contribution >= 0.6 is 11.8 Å². The van der Waals surface area contributed by atoms with Gasteiger partial charge in [-0.15, -0.1) is 11.8 Å². The quantitative estimate of drug-likeness (QED) is 0.205. The molecule has 1 heterocycles. The van der Waals surface area contributed by atoms with Gasteiger partial charge in [0.05, 0.1) is 10.8 Å². The molecule has 1 aromatic carbocycles. The van der Waals surface area contributed by atoms with Crippen molar-refractivity contribution in [3.05, 3.63) is 34.9 Å². The van der Waals surface area contributed by atoms with Crippen LogP contribution in [0.2, 0.25) is 0 Å². The van der Waals surface area contributed by atoms with Crippen LogP contribution in [0.4, 0.5) is 4.79 Å². The van der Waals surface area contributed by atoms with Gasteiger partial charge in [-0.05, 0) is 81.8 Å². The number of Topliss-reactive ketones (excluding diaryl/α,β-unsaturated/α-hetero) is 1. The Morgan fingerprint density at radius 1 is 1.14 bits per heavy atom. The molecule has 1 N–H and O–H groups in total. The number of nitrogens with zero attached hydrogens (tertiary/aromatic N) is 4. The second-order valence-electron chi connectivity index (χ2n) is 12.0. The van der Waals surface area contributed by atoms with Crippen molar-refractivity contribution in [1.29, 1.82) is 0 Å². The lowest BCUT2D eigenvalue weighted by Crippen LogP contribution is -2.38. The number of likely N-dealkylation sites (tertiary alicyclic amines) is 1. The Kier molecular flexibility index (Phi) is 19.0. The van der Waals surface area contributed by atoms with Crippen LogP contribution in [0.5, 0.6) is 0 Å². The topological polar surface area (TPSA) is 86.5 Å². The number of carbonyl (C=O) groups is 2. The first-order valence-corrected chi connectivity index (χ1v) is 16.7. The third kappa shape index (κ3) is 16.2. The van der Waals surface area contributed by atoms with Gasteiger partial charge in [0.25, 0.3) is 0 Å². The molecule has 1 saturated heterocycles. The third-order valence-corrected chi connectivity index (χ3v) is 8.24. The van der Waals surface area contributed by atoms with Crippen LogP contribution in [0.1, 0.15) is 109 Å². The summed E-state index contributed by atoms with van der Waals surface area (Å²) in [5.74, 6) is 3.27. The molecule has 0 saturated carbocycles. The van der Waals surface area contributed by atoms with Crippen molar-refractivity contribution < 1.29 is 9.59 Å². The number of urea groups is 1. The number of carbonyl (C=O) groups excluding carboxylic acids is 2. The number of piperidine rings is 1. The monoisotopic (exact) mass is 599 g/mol. The molecule has 0 atom stereocenters. The van der Waals surface area contributed by atoms with E-state index in [0.717, 1.165) is 57.6 Å².